The van der Waals surface area contributed by atoms with E-state index in [2.05, 4.69) is 36.1 Å². The Labute approximate surface area is 189 Å². The highest BCUT2D eigenvalue weighted by molar-refractivity contribution is 7.11. The van der Waals surface area contributed by atoms with E-state index in [1.807, 2.05) is 37.3 Å². The molecular weight excluding hydrogens is 404 g/mol. The first-order valence-electron chi connectivity index (χ1n) is 11.2. The van der Waals surface area contributed by atoms with E-state index in [4.69, 9.17) is 9.72 Å². The molecule has 1 fully saturated rings. The third-order valence-corrected chi connectivity index (χ3v) is 7.60. The van der Waals surface area contributed by atoms with Crippen molar-refractivity contribution in [1.82, 2.24) is 9.88 Å². The minimum Gasteiger partial charge on any atom is -0.493 e. The maximum absolute atomic E-state index is 11.5. The fraction of sp³-hybridized carbons (Fsp3) is 0.423. The van der Waals surface area contributed by atoms with Crippen molar-refractivity contribution in [3.63, 3.8) is 0 Å². The summed E-state index contributed by atoms with van der Waals surface area (Å²) in [7, 11) is 0. The van der Waals surface area contributed by atoms with Crippen molar-refractivity contribution in [1.29, 1.82) is 0 Å². The molecule has 1 aromatic heterocycles. The van der Waals surface area contributed by atoms with Crippen molar-refractivity contribution in [2.24, 2.45) is 0 Å². The van der Waals surface area contributed by atoms with Gasteiger partial charge in [0.05, 0.1) is 12.3 Å². The van der Waals surface area contributed by atoms with Gasteiger partial charge >= 0.3 is 0 Å². The molecule has 1 atom stereocenters. The van der Waals surface area contributed by atoms with Crippen LogP contribution in [0, 0.1) is 13.8 Å². The summed E-state index contributed by atoms with van der Waals surface area (Å²) in [5.41, 5.74) is 2.90. The zero-order valence-corrected chi connectivity index (χ0v) is 19.3. The van der Waals surface area contributed by atoms with Crippen LogP contribution in [-0.2, 0) is 18.6 Å². The number of ether oxygens (including phenoxy) is 1. The normalized spacial score (nSPS) is 19.8. The molecule has 3 aromatic rings. The number of nitrogens with zero attached hydrogens (tertiary/aromatic N) is 2. The summed E-state index contributed by atoms with van der Waals surface area (Å²) in [4.78, 5) is 8.47. The zero-order chi connectivity index (χ0) is 21.7. The summed E-state index contributed by atoms with van der Waals surface area (Å²) in [6.07, 6.45) is 3.29. The zero-order valence-electron chi connectivity index (χ0n) is 18.5. The van der Waals surface area contributed by atoms with E-state index in [1.54, 1.807) is 11.3 Å². The third kappa shape index (κ3) is 5.53. The lowest BCUT2D eigenvalue weighted by Crippen LogP contribution is -2.29. The second-order valence-corrected chi connectivity index (χ2v) is 9.61. The maximum Gasteiger partial charge on any atom is 0.125 e. The van der Waals surface area contributed by atoms with Gasteiger partial charge in [-0.05, 0) is 62.9 Å². The van der Waals surface area contributed by atoms with E-state index in [9.17, 15) is 5.11 Å². The van der Waals surface area contributed by atoms with Gasteiger partial charge in [-0.15, -0.1) is 11.3 Å². The van der Waals surface area contributed by atoms with Gasteiger partial charge in [0, 0.05) is 24.4 Å². The van der Waals surface area contributed by atoms with Crippen molar-refractivity contribution in [2.75, 3.05) is 19.7 Å². The number of benzene rings is 2. The van der Waals surface area contributed by atoms with Gasteiger partial charge < -0.3 is 9.84 Å². The first-order chi connectivity index (χ1) is 15.0. The molecule has 4 nitrogen and oxygen atoms in total. The Bertz CT molecular complexity index is 988. The number of rotatable bonds is 7. The van der Waals surface area contributed by atoms with E-state index >= 15 is 0 Å². The molecule has 1 saturated heterocycles. The molecule has 31 heavy (non-hydrogen) atoms. The van der Waals surface area contributed by atoms with Gasteiger partial charge in [-0.2, -0.15) is 0 Å². The number of hydrogen-bond donors (Lipinski definition) is 1. The number of likely N-dealkylation sites (tertiary alicyclic amines) is 1. The number of aliphatic hydroxyl groups is 1. The van der Waals surface area contributed by atoms with Gasteiger partial charge in [-0.3, -0.25) is 4.90 Å². The van der Waals surface area contributed by atoms with E-state index in [0.29, 0.717) is 6.61 Å². The summed E-state index contributed by atoms with van der Waals surface area (Å²) < 4.78 is 5.85. The highest BCUT2D eigenvalue weighted by Crippen LogP contribution is 2.37. The molecule has 0 unspecified atom stereocenters. The molecule has 4 rings (SSSR count). The van der Waals surface area contributed by atoms with Crippen LogP contribution >= 0.6 is 11.3 Å². The Hall–Kier alpha value is -2.21. The van der Waals surface area contributed by atoms with Gasteiger partial charge in [-0.1, -0.05) is 42.5 Å². The fourth-order valence-electron chi connectivity index (χ4n) is 4.21. The van der Waals surface area contributed by atoms with E-state index < -0.39 is 5.60 Å². The smallest absolute Gasteiger partial charge is 0.125 e. The van der Waals surface area contributed by atoms with Crippen LogP contribution in [0.4, 0.5) is 0 Å². The first-order valence-corrected chi connectivity index (χ1v) is 12.0. The summed E-state index contributed by atoms with van der Waals surface area (Å²) in [6.45, 7) is 7.68. The predicted octanol–water partition coefficient (Wildman–Crippen LogP) is 5.26. The number of aryl methyl sites for hydroxylation is 2. The SMILES string of the molecule is Cc1ccccc1CN1CCC[C@](O)(c2nc(C)c(CCOc3ccccc3)s2)CC1. The number of thiazole rings is 1. The van der Waals surface area contributed by atoms with Gasteiger partial charge in [0.2, 0.25) is 0 Å². The summed E-state index contributed by atoms with van der Waals surface area (Å²) in [5, 5.41) is 12.4. The maximum atomic E-state index is 11.5. The van der Waals surface area contributed by atoms with Crippen LogP contribution in [0.1, 0.15) is 46.0 Å². The molecule has 1 aliphatic heterocycles. The highest BCUT2D eigenvalue weighted by Gasteiger charge is 2.35. The molecule has 5 heteroatoms. The van der Waals surface area contributed by atoms with Crippen LogP contribution in [0.2, 0.25) is 0 Å². The number of hydrogen-bond acceptors (Lipinski definition) is 5. The lowest BCUT2D eigenvalue weighted by Gasteiger charge is -2.25. The van der Waals surface area contributed by atoms with E-state index in [0.717, 1.165) is 61.8 Å². The Morgan fingerprint density at radius 1 is 1.03 bits per heavy atom. The average Bonchev–Trinajstić information content (AvgIpc) is 3.04. The van der Waals surface area contributed by atoms with Crippen molar-refractivity contribution in [3.8, 4) is 5.75 Å². The Balaban J connectivity index is 1.37. The molecule has 0 amide bonds. The molecule has 2 aromatic carbocycles. The number of aromatic nitrogens is 1. The van der Waals surface area contributed by atoms with Crippen molar-refractivity contribution in [2.45, 2.75) is 51.7 Å². The van der Waals surface area contributed by atoms with Crippen molar-refractivity contribution >= 4 is 11.3 Å². The average molecular weight is 437 g/mol. The molecule has 0 saturated carbocycles. The Morgan fingerprint density at radius 2 is 1.81 bits per heavy atom. The predicted molar refractivity (Wildman–Crippen MR) is 127 cm³/mol. The van der Waals surface area contributed by atoms with Crippen LogP contribution in [0.15, 0.2) is 54.6 Å². The quantitative estimate of drug-likeness (QED) is 0.549. The number of para-hydroxylation sites is 1. The lowest BCUT2D eigenvalue weighted by molar-refractivity contribution is 0.0207. The van der Waals surface area contributed by atoms with Gasteiger partial charge in [-0.25, -0.2) is 4.98 Å². The molecule has 0 radical (unpaired) electrons. The topological polar surface area (TPSA) is 45.6 Å². The van der Waals surface area contributed by atoms with Crippen molar-refractivity contribution < 1.29 is 9.84 Å². The molecule has 1 aliphatic rings. The van der Waals surface area contributed by atoms with Crippen LogP contribution < -0.4 is 4.74 Å². The molecule has 0 bridgehead atoms. The van der Waals surface area contributed by atoms with Crippen LogP contribution in [-0.4, -0.2) is 34.7 Å². The largest absolute Gasteiger partial charge is 0.493 e. The minimum atomic E-state index is -0.825. The van der Waals surface area contributed by atoms with Crippen LogP contribution in [0.5, 0.6) is 5.75 Å². The standard InChI is InChI=1S/C26H32N2O2S/c1-20-9-6-7-10-22(20)19-28-16-8-14-26(29,15-17-28)25-27-21(2)24(31-25)13-18-30-23-11-4-3-5-12-23/h3-7,9-12,29H,8,13-19H2,1-2H3/t26-/m1/s1. The van der Waals surface area contributed by atoms with Gasteiger partial charge in [0.15, 0.2) is 0 Å². The van der Waals surface area contributed by atoms with Crippen molar-refractivity contribution in [3.05, 3.63) is 81.3 Å². The van der Waals surface area contributed by atoms with Crippen LogP contribution in [0.25, 0.3) is 0 Å². The van der Waals surface area contributed by atoms with E-state index in [-0.39, 0.29) is 0 Å². The lowest BCUT2D eigenvalue weighted by atomic mass is 9.96. The summed E-state index contributed by atoms with van der Waals surface area (Å²) in [6, 6.07) is 18.5. The molecule has 164 valence electrons. The Morgan fingerprint density at radius 3 is 2.61 bits per heavy atom. The molecule has 0 aliphatic carbocycles. The highest BCUT2D eigenvalue weighted by atomic mass is 32.1. The van der Waals surface area contributed by atoms with Gasteiger partial charge in [0.1, 0.15) is 16.4 Å². The third-order valence-electron chi connectivity index (χ3n) is 6.19. The molecular formula is C26H32N2O2S. The monoisotopic (exact) mass is 436 g/mol. The summed E-state index contributed by atoms with van der Waals surface area (Å²) in [5.74, 6) is 0.890. The van der Waals surface area contributed by atoms with E-state index in [1.165, 1.54) is 16.0 Å². The summed E-state index contributed by atoms with van der Waals surface area (Å²) >= 11 is 1.66. The molecule has 2 heterocycles. The van der Waals surface area contributed by atoms with Crippen LogP contribution in [0.3, 0.4) is 0 Å². The fourth-order valence-corrected chi connectivity index (χ4v) is 5.40. The first kappa shape index (κ1) is 22.0. The Kier molecular flexibility index (Phi) is 7.06. The second kappa shape index (κ2) is 9.94. The second-order valence-electron chi connectivity index (χ2n) is 8.53. The molecule has 0 spiro atoms. The molecule has 1 N–H and O–H groups in total. The minimum absolute atomic E-state index is 0.620. The van der Waals surface area contributed by atoms with Gasteiger partial charge in [0.25, 0.3) is 0 Å².